The number of benzene rings is 1. The van der Waals surface area contributed by atoms with Crippen LogP contribution in [0.2, 0.25) is 0 Å². The van der Waals surface area contributed by atoms with Crippen molar-refractivity contribution in [1.29, 1.82) is 0 Å². The maximum Gasteiger partial charge on any atom is 0.156 e. The van der Waals surface area contributed by atoms with Crippen molar-refractivity contribution in [3.05, 3.63) is 23.8 Å². The van der Waals surface area contributed by atoms with Gasteiger partial charge < -0.3 is 19.9 Å². The zero-order valence-corrected chi connectivity index (χ0v) is 12.1. The van der Waals surface area contributed by atoms with Crippen molar-refractivity contribution in [2.75, 3.05) is 27.1 Å². The topological polar surface area (TPSA) is 88.6 Å². The fraction of sp³-hybridized carbons (Fsp3) is 0.286. The van der Waals surface area contributed by atoms with Gasteiger partial charge in [0.2, 0.25) is 0 Å². The molecule has 21 heavy (non-hydrogen) atoms. The van der Waals surface area contributed by atoms with E-state index in [1.807, 2.05) is 0 Å². The Bertz CT molecular complexity index is 652. The quantitative estimate of drug-likeness (QED) is 0.813. The maximum atomic E-state index is 11.3. The van der Waals surface area contributed by atoms with Crippen LogP contribution in [0.25, 0.3) is 11.3 Å². The summed E-state index contributed by atoms with van der Waals surface area (Å²) in [6, 6.07) is 5.25. The summed E-state index contributed by atoms with van der Waals surface area (Å²) in [5.74, 6) is 1.44. The lowest BCUT2D eigenvalue weighted by molar-refractivity contribution is 0.112. The largest absolute Gasteiger partial charge is 0.497 e. The summed E-state index contributed by atoms with van der Waals surface area (Å²) >= 11 is 0. The van der Waals surface area contributed by atoms with E-state index in [1.165, 1.54) is 18.9 Å². The monoisotopic (exact) mass is 291 g/mol. The summed E-state index contributed by atoms with van der Waals surface area (Å²) in [4.78, 5) is 11.3. The molecule has 0 saturated carbocycles. The van der Waals surface area contributed by atoms with E-state index in [-0.39, 0.29) is 12.5 Å². The highest BCUT2D eigenvalue weighted by atomic mass is 16.5. The van der Waals surface area contributed by atoms with Crippen molar-refractivity contribution in [2.24, 2.45) is 0 Å². The lowest BCUT2D eigenvalue weighted by Crippen LogP contribution is -2.06. The van der Waals surface area contributed by atoms with Gasteiger partial charge in [0.15, 0.2) is 6.29 Å². The molecule has 0 bridgehead atoms. The number of nitrogens with zero attached hydrogens (tertiary/aromatic N) is 2. The molecule has 1 aromatic carbocycles. The fourth-order valence-electron chi connectivity index (χ4n) is 2.02. The van der Waals surface area contributed by atoms with Gasteiger partial charge in [0.25, 0.3) is 0 Å². The number of hydrogen-bond acceptors (Lipinski definition) is 6. The number of hydrogen-bond donors (Lipinski definition) is 1. The molecular weight excluding hydrogens is 274 g/mol. The standard InChI is InChI=1S/C14H17N3O4/c1-19-8-17-14(15)11(7-18)13(16-17)10-5-4-9(20-2)6-12(10)21-3/h4-7H,8,15H2,1-3H3. The zero-order chi connectivity index (χ0) is 15.4. The molecule has 0 spiro atoms. The molecular formula is C14H17N3O4. The van der Waals surface area contributed by atoms with E-state index in [0.717, 1.165) is 0 Å². The van der Waals surface area contributed by atoms with Crippen LogP contribution in [0.3, 0.4) is 0 Å². The highest BCUT2D eigenvalue weighted by Gasteiger charge is 2.19. The van der Waals surface area contributed by atoms with E-state index >= 15 is 0 Å². The van der Waals surface area contributed by atoms with Crippen LogP contribution >= 0.6 is 0 Å². The Morgan fingerprint density at radius 1 is 1.29 bits per heavy atom. The fourth-order valence-corrected chi connectivity index (χ4v) is 2.02. The number of methoxy groups -OCH3 is 3. The first kappa shape index (κ1) is 14.9. The van der Waals surface area contributed by atoms with Gasteiger partial charge in [-0.05, 0) is 12.1 Å². The molecule has 1 aromatic heterocycles. The van der Waals surface area contributed by atoms with Crippen LogP contribution in [0.4, 0.5) is 5.82 Å². The van der Waals surface area contributed by atoms with Crippen LogP contribution in [0, 0.1) is 0 Å². The van der Waals surface area contributed by atoms with E-state index in [2.05, 4.69) is 5.10 Å². The van der Waals surface area contributed by atoms with Crippen LogP contribution in [0.1, 0.15) is 10.4 Å². The molecule has 7 heteroatoms. The Labute approximate surface area is 122 Å². The third-order valence-corrected chi connectivity index (χ3v) is 3.06. The number of carbonyl (C=O) groups excluding carboxylic acids is 1. The maximum absolute atomic E-state index is 11.3. The van der Waals surface area contributed by atoms with Gasteiger partial charge in [-0.3, -0.25) is 4.79 Å². The Hall–Kier alpha value is -2.54. The Morgan fingerprint density at radius 2 is 2.05 bits per heavy atom. The van der Waals surface area contributed by atoms with Crippen LogP contribution < -0.4 is 15.2 Å². The highest BCUT2D eigenvalue weighted by Crippen LogP contribution is 2.35. The second-order valence-corrected chi connectivity index (χ2v) is 4.25. The summed E-state index contributed by atoms with van der Waals surface area (Å²) < 4.78 is 16.9. The molecule has 0 aliphatic heterocycles. The number of nitrogens with two attached hydrogens (primary N) is 1. The van der Waals surface area contributed by atoms with E-state index < -0.39 is 0 Å². The third-order valence-electron chi connectivity index (χ3n) is 3.06. The smallest absolute Gasteiger partial charge is 0.156 e. The lowest BCUT2D eigenvalue weighted by Gasteiger charge is -2.09. The lowest BCUT2D eigenvalue weighted by atomic mass is 10.1. The predicted octanol–water partition coefficient (Wildman–Crippen LogP) is 1.57. The van der Waals surface area contributed by atoms with Crippen molar-refractivity contribution in [3.8, 4) is 22.8 Å². The molecule has 0 fully saturated rings. The molecule has 2 N–H and O–H groups in total. The van der Waals surface area contributed by atoms with Gasteiger partial charge in [0.1, 0.15) is 29.7 Å². The summed E-state index contributed by atoms with van der Waals surface area (Å²) in [6.45, 7) is 0.158. The van der Waals surface area contributed by atoms with E-state index in [9.17, 15) is 4.79 Å². The van der Waals surface area contributed by atoms with E-state index in [0.29, 0.717) is 34.6 Å². The van der Waals surface area contributed by atoms with Gasteiger partial charge in [-0.15, -0.1) is 0 Å². The van der Waals surface area contributed by atoms with Crippen molar-refractivity contribution in [2.45, 2.75) is 6.73 Å². The first-order valence-electron chi connectivity index (χ1n) is 6.19. The average molecular weight is 291 g/mol. The SMILES string of the molecule is COCn1nc(-c2ccc(OC)cc2OC)c(C=O)c1N. The molecule has 7 nitrogen and oxygen atoms in total. The minimum Gasteiger partial charge on any atom is -0.497 e. The molecule has 0 unspecified atom stereocenters. The highest BCUT2D eigenvalue weighted by molar-refractivity contribution is 5.92. The second kappa shape index (κ2) is 6.27. The molecule has 0 saturated heterocycles. The van der Waals surface area contributed by atoms with Crippen LogP contribution in [0.5, 0.6) is 11.5 Å². The van der Waals surface area contributed by atoms with Crippen LogP contribution in [0.15, 0.2) is 18.2 Å². The number of anilines is 1. The average Bonchev–Trinajstić information content (AvgIpc) is 2.83. The Kier molecular flexibility index (Phi) is 4.44. The summed E-state index contributed by atoms with van der Waals surface area (Å²) in [7, 11) is 4.63. The molecule has 0 radical (unpaired) electrons. The minimum absolute atomic E-state index is 0.158. The minimum atomic E-state index is 0.158. The molecule has 0 amide bonds. The molecule has 0 aliphatic rings. The van der Waals surface area contributed by atoms with Crippen molar-refractivity contribution < 1.29 is 19.0 Å². The van der Waals surface area contributed by atoms with E-state index in [1.54, 1.807) is 25.3 Å². The number of aromatic nitrogens is 2. The summed E-state index contributed by atoms with van der Waals surface area (Å²) in [5, 5.41) is 4.32. The zero-order valence-electron chi connectivity index (χ0n) is 12.1. The van der Waals surface area contributed by atoms with Gasteiger partial charge in [-0.2, -0.15) is 5.10 Å². The van der Waals surface area contributed by atoms with Crippen molar-refractivity contribution in [3.63, 3.8) is 0 Å². The molecule has 2 aromatic rings. The van der Waals surface area contributed by atoms with Crippen LogP contribution in [-0.4, -0.2) is 37.4 Å². The van der Waals surface area contributed by atoms with Crippen molar-refractivity contribution in [1.82, 2.24) is 9.78 Å². The van der Waals surface area contributed by atoms with Gasteiger partial charge in [-0.25, -0.2) is 4.68 Å². The summed E-state index contributed by atoms with van der Waals surface area (Å²) in [6.07, 6.45) is 0.674. The second-order valence-electron chi connectivity index (χ2n) is 4.25. The van der Waals surface area contributed by atoms with Gasteiger partial charge in [0.05, 0.1) is 19.8 Å². The number of rotatable bonds is 6. The van der Waals surface area contributed by atoms with Gasteiger partial charge in [-0.1, -0.05) is 0 Å². The van der Waals surface area contributed by atoms with Gasteiger partial charge in [0, 0.05) is 18.7 Å². The first-order valence-corrected chi connectivity index (χ1v) is 6.19. The molecule has 0 atom stereocenters. The first-order chi connectivity index (χ1) is 10.2. The Morgan fingerprint density at radius 3 is 2.62 bits per heavy atom. The summed E-state index contributed by atoms with van der Waals surface area (Å²) in [5.41, 5.74) is 7.31. The molecule has 112 valence electrons. The van der Waals surface area contributed by atoms with Crippen LogP contribution in [-0.2, 0) is 11.5 Å². The molecule has 1 heterocycles. The number of nitrogen functional groups attached to an aromatic ring is 1. The third kappa shape index (κ3) is 2.68. The normalized spacial score (nSPS) is 10.4. The number of ether oxygens (including phenoxy) is 3. The number of carbonyl (C=O) groups is 1. The van der Waals surface area contributed by atoms with E-state index in [4.69, 9.17) is 19.9 Å². The van der Waals surface area contributed by atoms with Crippen molar-refractivity contribution >= 4 is 12.1 Å². The number of aldehydes is 1. The Balaban J connectivity index is 2.60. The van der Waals surface area contributed by atoms with Gasteiger partial charge >= 0.3 is 0 Å². The molecule has 2 rings (SSSR count). The molecule has 0 aliphatic carbocycles. The predicted molar refractivity (Wildman–Crippen MR) is 77.6 cm³/mol.